The van der Waals surface area contributed by atoms with Crippen molar-refractivity contribution in [2.75, 3.05) is 24.7 Å². The highest BCUT2D eigenvalue weighted by atomic mass is 32.2. The molecular formula is C6H12NOS. The molecule has 0 spiro atoms. The first-order valence-electron chi connectivity index (χ1n) is 3.32. The molecule has 1 unspecified atom stereocenters. The summed E-state index contributed by atoms with van der Waals surface area (Å²) in [6, 6.07) is 0.501. The predicted molar refractivity (Wildman–Crippen MR) is 39.3 cm³/mol. The van der Waals surface area contributed by atoms with Gasteiger partial charge in [0.2, 0.25) is 0 Å². The molecule has 1 saturated heterocycles. The molecule has 0 amide bonds. The quantitative estimate of drug-likeness (QED) is 0.615. The third kappa shape index (κ3) is 2.56. The van der Waals surface area contributed by atoms with Crippen molar-refractivity contribution in [3.8, 4) is 0 Å². The Morgan fingerprint density at radius 2 is 2.56 bits per heavy atom. The molecule has 3 heteroatoms. The van der Waals surface area contributed by atoms with Gasteiger partial charge >= 0.3 is 0 Å². The van der Waals surface area contributed by atoms with E-state index in [0.717, 1.165) is 18.7 Å². The predicted octanol–water partition coefficient (Wildman–Crippen LogP) is 0.512. The fourth-order valence-electron chi connectivity index (χ4n) is 0.947. The summed E-state index contributed by atoms with van der Waals surface area (Å²) >= 11 is 1.94. The van der Waals surface area contributed by atoms with Crippen molar-refractivity contribution < 1.29 is 5.11 Å². The van der Waals surface area contributed by atoms with Crippen molar-refractivity contribution in [1.82, 2.24) is 5.32 Å². The molecule has 2 nitrogen and oxygen atoms in total. The van der Waals surface area contributed by atoms with Crippen LogP contribution in [0.5, 0.6) is 0 Å². The summed E-state index contributed by atoms with van der Waals surface area (Å²) in [6.07, 6.45) is 0.799. The van der Waals surface area contributed by atoms with Crippen LogP contribution in [0.1, 0.15) is 6.42 Å². The van der Waals surface area contributed by atoms with Crippen molar-refractivity contribution in [3.05, 3.63) is 0 Å². The fourth-order valence-corrected chi connectivity index (χ4v) is 1.95. The van der Waals surface area contributed by atoms with E-state index in [-0.39, 0.29) is 6.61 Å². The van der Waals surface area contributed by atoms with Crippen LogP contribution in [0.3, 0.4) is 0 Å². The van der Waals surface area contributed by atoms with Crippen LogP contribution in [0.2, 0.25) is 0 Å². The Kier molecular flexibility index (Phi) is 3.40. The third-order valence-corrected chi connectivity index (χ3v) is 2.60. The highest BCUT2D eigenvalue weighted by Crippen LogP contribution is 2.09. The van der Waals surface area contributed by atoms with E-state index in [1.54, 1.807) is 0 Å². The topological polar surface area (TPSA) is 31.9 Å². The minimum Gasteiger partial charge on any atom is -0.312 e. The Balaban J connectivity index is 2.08. The van der Waals surface area contributed by atoms with E-state index in [0.29, 0.717) is 6.04 Å². The first kappa shape index (κ1) is 7.38. The van der Waals surface area contributed by atoms with Gasteiger partial charge in [-0.2, -0.15) is 11.8 Å². The highest BCUT2D eigenvalue weighted by Gasteiger charge is 2.10. The van der Waals surface area contributed by atoms with Crippen LogP contribution in [0.15, 0.2) is 0 Å². The zero-order chi connectivity index (χ0) is 6.53. The van der Waals surface area contributed by atoms with E-state index in [2.05, 4.69) is 5.32 Å². The van der Waals surface area contributed by atoms with Crippen LogP contribution >= 0.6 is 11.8 Å². The minimum atomic E-state index is 0.0677. The Morgan fingerprint density at radius 1 is 1.67 bits per heavy atom. The van der Waals surface area contributed by atoms with Crippen LogP contribution in [0, 0.1) is 0 Å². The van der Waals surface area contributed by atoms with Crippen LogP contribution in [-0.4, -0.2) is 30.7 Å². The molecule has 1 radical (unpaired) electrons. The summed E-state index contributed by atoms with van der Waals surface area (Å²) in [5, 5.41) is 13.4. The highest BCUT2D eigenvalue weighted by molar-refractivity contribution is 7.99. The average molecular weight is 146 g/mol. The standard InChI is InChI=1S/C6H12NOS/c8-3-1-6-5-9-4-2-7-6/h6-7H,1-5H2. The number of thioether (sulfide) groups is 1. The van der Waals surface area contributed by atoms with Crippen LogP contribution in [0.25, 0.3) is 0 Å². The van der Waals surface area contributed by atoms with Gasteiger partial charge in [-0.15, -0.1) is 0 Å². The lowest BCUT2D eigenvalue weighted by molar-refractivity contribution is 0.179. The molecule has 0 aliphatic carbocycles. The molecular weight excluding hydrogens is 134 g/mol. The third-order valence-electron chi connectivity index (χ3n) is 1.46. The average Bonchev–Trinajstić information content (AvgIpc) is 1.91. The van der Waals surface area contributed by atoms with Crippen molar-refractivity contribution in [2.45, 2.75) is 12.5 Å². The van der Waals surface area contributed by atoms with Gasteiger partial charge in [0.05, 0.1) is 6.61 Å². The van der Waals surface area contributed by atoms with E-state index >= 15 is 0 Å². The minimum absolute atomic E-state index is 0.0677. The second kappa shape index (κ2) is 4.14. The SMILES string of the molecule is [O]CCC1CSCCN1. The molecule has 1 rings (SSSR count). The number of rotatable bonds is 2. The maximum absolute atomic E-state index is 10.1. The van der Waals surface area contributed by atoms with Crippen molar-refractivity contribution >= 4 is 11.8 Å². The first-order chi connectivity index (χ1) is 4.43. The summed E-state index contributed by atoms with van der Waals surface area (Å²) < 4.78 is 0. The van der Waals surface area contributed by atoms with E-state index < -0.39 is 0 Å². The first-order valence-corrected chi connectivity index (χ1v) is 4.48. The van der Waals surface area contributed by atoms with Gasteiger partial charge in [-0.1, -0.05) is 0 Å². The number of hydrogen-bond acceptors (Lipinski definition) is 2. The monoisotopic (exact) mass is 146 g/mol. The molecule has 0 bridgehead atoms. The maximum Gasteiger partial charge on any atom is 0.0837 e. The zero-order valence-corrected chi connectivity index (χ0v) is 6.25. The van der Waals surface area contributed by atoms with E-state index in [1.807, 2.05) is 11.8 Å². The molecule has 0 aromatic rings. The van der Waals surface area contributed by atoms with Crippen molar-refractivity contribution in [3.63, 3.8) is 0 Å². The Hall–Kier alpha value is 0.270. The number of hydrogen-bond donors (Lipinski definition) is 1. The van der Waals surface area contributed by atoms with Gasteiger partial charge in [0.25, 0.3) is 0 Å². The van der Waals surface area contributed by atoms with Gasteiger partial charge in [0.15, 0.2) is 0 Å². The van der Waals surface area contributed by atoms with Crippen molar-refractivity contribution in [1.29, 1.82) is 0 Å². The molecule has 9 heavy (non-hydrogen) atoms. The van der Waals surface area contributed by atoms with Gasteiger partial charge < -0.3 is 5.32 Å². The lowest BCUT2D eigenvalue weighted by Crippen LogP contribution is -2.37. The van der Waals surface area contributed by atoms with Gasteiger partial charge in [-0.3, -0.25) is 0 Å². The molecule has 0 aromatic heterocycles. The normalized spacial score (nSPS) is 28.3. The van der Waals surface area contributed by atoms with E-state index in [1.165, 1.54) is 5.75 Å². The zero-order valence-electron chi connectivity index (χ0n) is 5.43. The molecule has 1 aliphatic heterocycles. The molecule has 1 N–H and O–H groups in total. The van der Waals surface area contributed by atoms with Gasteiger partial charge in [0.1, 0.15) is 0 Å². The largest absolute Gasteiger partial charge is 0.312 e. The Morgan fingerprint density at radius 3 is 3.11 bits per heavy atom. The van der Waals surface area contributed by atoms with Crippen LogP contribution < -0.4 is 5.32 Å². The fraction of sp³-hybridized carbons (Fsp3) is 1.00. The smallest absolute Gasteiger partial charge is 0.0837 e. The molecule has 1 fully saturated rings. The number of nitrogens with one attached hydrogen (secondary N) is 1. The molecule has 1 heterocycles. The van der Waals surface area contributed by atoms with Crippen molar-refractivity contribution in [2.24, 2.45) is 0 Å². The Bertz CT molecular complexity index is 70.7. The summed E-state index contributed by atoms with van der Waals surface area (Å²) in [7, 11) is 0. The van der Waals surface area contributed by atoms with Gasteiger partial charge in [-0.25, -0.2) is 5.11 Å². The van der Waals surface area contributed by atoms with Gasteiger partial charge in [-0.05, 0) is 6.42 Å². The van der Waals surface area contributed by atoms with Gasteiger partial charge in [0, 0.05) is 24.1 Å². The van der Waals surface area contributed by atoms with E-state index in [9.17, 15) is 5.11 Å². The molecule has 1 atom stereocenters. The summed E-state index contributed by atoms with van der Waals surface area (Å²) in [4.78, 5) is 0. The van der Waals surface area contributed by atoms with Crippen LogP contribution in [0.4, 0.5) is 0 Å². The lowest BCUT2D eigenvalue weighted by atomic mass is 10.2. The molecule has 0 aromatic carbocycles. The Labute approximate surface area is 60.0 Å². The van der Waals surface area contributed by atoms with Crippen LogP contribution in [-0.2, 0) is 5.11 Å². The summed E-state index contributed by atoms with van der Waals surface area (Å²) in [5.74, 6) is 2.33. The second-order valence-corrected chi connectivity index (χ2v) is 3.37. The second-order valence-electron chi connectivity index (χ2n) is 2.22. The lowest BCUT2D eigenvalue weighted by Gasteiger charge is -2.21. The molecule has 1 aliphatic rings. The summed E-state index contributed by atoms with van der Waals surface area (Å²) in [5.41, 5.74) is 0. The van der Waals surface area contributed by atoms with E-state index in [4.69, 9.17) is 0 Å². The molecule has 53 valence electrons. The molecule has 0 saturated carbocycles. The maximum atomic E-state index is 10.1. The summed E-state index contributed by atoms with van der Waals surface area (Å²) in [6.45, 7) is 1.15.